The van der Waals surface area contributed by atoms with E-state index in [1.807, 2.05) is 20.8 Å². The topological polar surface area (TPSA) is 85.2 Å². The minimum Gasteiger partial charge on any atom is -0.354 e. The maximum Gasteiger partial charge on any atom is 0.238 e. The van der Waals surface area contributed by atoms with Crippen molar-refractivity contribution in [3.63, 3.8) is 0 Å². The van der Waals surface area contributed by atoms with Crippen LogP contribution >= 0.6 is 0 Å². The van der Waals surface area contributed by atoms with Gasteiger partial charge in [-0.05, 0) is 59.5 Å². The van der Waals surface area contributed by atoms with Gasteiger partial charge in [0, 0.05) is 12.0 Å². The van der Waals surface area contributed by atoms with Crippen LogP contribution in [0, 0.1) is 17.2 Å². The predicted octanol–water partition coefficient (Wildman–Crippen LogP) is 1.95. The van der Waals surface area contributed by atoms with Crippen molar-refractivity contribution in [3.05, 3.63) is 0 Å². The van der Waals surface area contributed by atoms with E-state index < -0.39 is 5.54 Å². The van der Waals surface area contributed by atoms with Crippen LogP contribution in [0.15, 0.2) is 0 Å². The van der Waals surface area contributed by atoms with Crippen molar-refractivity contribution in [2.75, 3.05) is 13.1 Å². The quantitative estimate of drug-likeness (QED) is 0.795. The standard InChI is InChI=1S/C19H32N4O2/c1-14(2)21-18(25)16-7-11-23(12-8-16)15(3)17(24)22-19(13-20)9-5-4-6-10-19/h14-16H,4-12H2,1-3H3,(H,21,25)(H,22,24). The molecule has 0 spiro atoms. The van der Waals surface area contributed by atoms with Gasteiger partial charge in [0.1, 0.15) is 5.54 Å². The molecule has 1 atom stereocenters. The van der Waals surface area contributed by atoms with Gasteiger partial charge in [-0.15, -0.1) is 0 Å². The molecule has 2 amide bonds. The second-order valence-corrected chi connectivity index (χ2v) is 7.89. The Labute approximate surface area is 151 Å². The molecule has 2 rings (SSSR count). The zero-order valence-corrected chi connectivity index (χ0v) is 15.8. The number of hydrogen-bond acceptors (Lipinski definition) is 4. The summed E-state index contributed by atoms with van der Waals surface area (Å²) in [5.41, 5.74) is -0.681. The first kappa shape index (κ1) is 19.7. The molecule has 1 unspecified atom stereocenters. The molecule has 1 saturated heterocycles. The maximum atomic E-state index is 12.7. The summed E-state index contributed by atoms with van der Waals surface area (Å²) >= 11 is 0. The van der Waals surface area contributed by atoms with Crippen LogP contribution in [0.25, 0.3) is 0 Å². The fourth-order valence-electron chi connectivity index (χ4n) is 3.88. The zero-order valence-electron chi connectivity index (χ0n) is 15.8. The molecule has 0 aromatic rings. The molecule has 6 nitrogen and oxygen atoms in total. The maximum absolute atomic E-state index is 12.7. The van der Waals surface area contributed by atoms with Gasteiger partial charge in [-0.3, -0.25) is 14.5 Å². The first-order valence-corrected chi connectivity index (χ1v) is 9.64. The van der Waals surface area contributed by atoms with Gasteiger partial charge < -0.3 is 10.6 Å². The lowest BCUT2D eigenvalue weighted by atomic mass is 9.82. The largest absolute Gasteiger partial charge is 0.354 e. The van der Waals surface area contributed by atoms with E-state index in [-0.39, 0.29) is 29.8 Å². The highest BCUT2D eigenvalue weighted by atomic mass is 16.2. The Balaban J connectivity index is 1.85. The summed E-state index contributed by atoms with van der Waals surface area (Å²) in [6.07, 6.45) is 6.19. The van der Waals surface area contributed by atoms with Crippen LogP contribution < -0.4 is 10.6 Å². The van der Waals surface area contributed by atoms with Crippen LogP contribution in [0.2, 0.25) is 0 Å². The van der Waals surface area contributed by atoms with Gasteiger partial charge in [-0.25, -0.2) is 0 Å². The number of hydrogen-bond donors (Lipinski definition) is 2. The molecular formula is C19H32N4O2. The van der Waals surface area contributed by atoms with Gasteiger partial charge in [0.2, 0.25) is 11.8 Å². The van der Waals surface area contributed by atoms with Crippen molar-refractivity contribution in [2.24, 2.45) is 5.92 Å². The number of likely N-dealkylation sites (tertiary alicyclic amines) is 1. The first-order chi connectivity index (χ1) is 11.9. The van der Waals surface area contributed by atoms with Crippen LogP contribution in [0.5, 0.6) is 0 Å². The van der Waals surface area contributed by atoms with Gasteiger partial charge >= 0.3 is 0 Å². The fourth-order valence-corrected chi connectivity index (χ4v) is 3.88. The number of carbonyl (C=O) groups excluding carboxylic acids is 2. The van der Waals surface area contributed by atoms with Crippen LogP contribution in [0.3, 0.4) is 0 Å². The van der Waals surface area contributed by atoms with Crippen molar-refractivity contribution < 1.29 is 9.59 Å². The Bertz CT molecular complexity index is 512. The lowest BCUT2D eigenvalue weighted by Gasteiger charge is -2.37. The van der Waals surface area contributed by atoms with Crippen LogP contribution in [-0.2, 0) is 9.59 Å². The van der Waals surface area contributed by atoms with Crippen LogP contribution in [0.1, 0.15) is 65.7 Å². The van der Waals surface area contributed by atoms with Gasteiger partial charge in [0.25, 0.3) is 0 Å². The molecule has 0 radical (unpaired) electrons. The van der Waals surface area contributed by atoms with E-state index in [4.69, 9.17) is 0 Å². The average molecular weight is 348 g/mol. The van der Waals surface area contributed by atoms with Crippen molar-refractivity contribution in [1.29, 1.82) is 5.26 Å². The van der Waals surface area contributed by atoms with E-state index >= 15 is 0 Å². The molecule has 2 fully saturated rings. The predicted molar refractivity (Wildman–Crippen MR) is 96.6 cm³/mol. The van der Waals surface area contributed by atoms with Crippen LogP contribution in [0.4, 0.5) is 0 Å². The van der Waals surface area contributed by atoms with Crippen molar-refractivity contribution in [3.8, 4) is 6.07 Å². The first-order valence-electron chi connectivity index (χ1n) is 9.64. The second kappa shape index (κ2) is 8.66. The summed E-state index contributed by atoms with van der Waals surface area (Å²) < 4.78 is 0. The number of piperidine rings is 1. The van der Waals surface area contributed by atoms with Crippen molar-refractivity contribution in [1.82, 2.24) is 15.5 Å². The number of nitriles is 1. The van der Waals surface area contributed by atoms with Crippen molar-refractivity contribution >= 4 is 11.8 Å². The fraction of sp³-hybridized carbons (Fsp3) is 0.842. The third-order valence-corrected chi connectivity index (χ3v) is 5.54. The van der Waals surface area contributed by atoms with E-state index in [9.17, 15) is 14.9 Å². The average Bonchev–Trinajstić information content (AvgIpc) is 2.61. The molecule has 25 heavy (non-hydrogen) atoms. The highest BCUT2D eigenvalue weighted by Crippen LogP contribution is 2.28. The zero-order chi connectivity index (χ0) is 18.4. The minimum absolute atomic E-state index is 0.0395. The van der Waals surface area contributed by atoms with Gasteiger partial charge in [-0.1, -0.05) is 19.3 Å². The number of rotatable bonds is 5. The third-order valence-electron chi connectivity index (χ3n) is 5.54. The summed E-state index contributed by atoms with van der Waals surface area (Å²) in [5.74, 6) is 0.101. The summed E-state index contributed by atoms with van der Waals surface area (Å²) in [5, 5.41) is 15.5. The lowest BCUT2D eigenvalue weighted by molar-refractivity contribution is -0.129. The van der Waals surface area contributed by atoms with E-state index in [1.54, 1.807) is 0 Å². The molecule has 1 aliphatic heterocycles. The van der Waals surface area contributed by atoms with E-state index in [1.165, 1.54) is 0 Å². The molecule has 0 aromatic carbocycles. The number of nitrogens with zero attached hydrogens (tertiary/aromatic N) is 2. The summed E-state index contributed by atoms with van der Waals surface area (Å²) in [6, 6.07) is 2.24. The Morgan fingerprint density at radius 3 is 2.24 bits per heavy atom. The normalized spacial score (nSPS) is 22.8. The Morgan fingerprint density at radius 2 is 1.72 bits per heavy atom. The Kier molecular flexibility index (Phi) is 6.83. The van der Waals surface area contributed by atoms with Gasteiger partial charge in [-0.2, -0.15) is 5.26 Å². The molecule has 140 valence electrons. The monoisotopic (exact) mass is 348 g/mol. The molecule has 2 N–H and O–H groups in total. The molecule has 0 aromatic heterocycles. The Morgan fingerprint density at radius 1 is 1.12 bits per heavy atom. The highest BCUT2D eigenvalue weighted by Gasteiger charge is 2.36. The molecule has 1 aliphatic carbocycles. The van der Waals surface area contributed by atoms with E-state index in [0.29, 0.717) is 0 Å². The number of carbonyl (C=O) groups is 2. The van der Waals surface area contributed by atoms with Crippen molar-refractivity contribution in [2.45, 2.75) is 83.3 Å². The molecule has 1 saturated carbocycles. The molecule has 0 bridgehead atoms. The smallest absolute Gasteiger partial charge is 0.238 e. The molecular weight excluding hydrogens is 316 g/mol. The summed E-state index contributed by atoms with van der Waals surface area (Å²) in [7, 11) is 0. The minimum atomic E-state index is -0.681. The SMILES string of the molecule is CC(C)NC(=O)C1CCN(C(C)C(=O)NC2(C#N)CCCCC2)CC1. The van der Waals surface area contributed by atoms with Gasteiger partial charge in [0.15, 0.2) is 0 Å². The number of amides is 2. The third kappa shape index (κ3) is 5.18. The van der Waals surface area contributed by atoms with Gasteiger partial charge in [0.05, 0.1) is 12.1 Å². The number of nitrogens with one attached hydrogen (secondary N) is 2. The van der Waals surface area contributed by atoms with E-state index in [0.717, 1.165) is 58.0 Å². The van der Waals surface area contributed by atoms with E-state index in [2.05, 4.69) is 21.6 Å². The molecule has 1 heterocycles. The molecule has 6 heteroatoms. The highest BCUT2D eigenvalue weighted by molar-refractivity contribution is 5.82. The molecule has 2 aliphatic rings. The summed E-state index contributed by atoms with van der Waals surface area (Å²) in [6.45, 7) is 7.32. The Hall–Kier alpha value is -1.61. The second-order valence-electron chi connectivity index (χ2n) is 7.89. The van der Waals surface area contributed by atoms with Crippen LogP contribution in [-0.4, -0.2) is 47.4 Å². The summed E-state index contributed by atoms with van der Waals surface area (Å²) in [4.78, 5) is 26.9. The lowest BCUT2D eigenvalue weighted by Crippen LogP contribution is -2.56.